The predicted octanol–water partition coefficient (Wildman–Crippen LogP) is 4.12. The van der Waals surface area contributed by atoms with Gasteiger partial charge in [-0.1, -0.05) is 0 Å². The van der Waals surface area contributed by atoms with Crippen molar-refractivity contribution in [2.45, 2.75) is 57.2 Å². The lowest BCUT2D eigenvalue weighted by Crippen LogP contribution is -2.68. The Morgan fingerprint density at radius 3 is 1.36 bits per heavy atom. The van der Waals surface area contributed by atoms with Crippen molar-refractivity contribution in [2.75, 3.05) is 19.8 Å². The first-order chi connectivity index (χ1) is 11.4. The molecule has 0 rings (SSSR count). The van der Waals surface area contributed by atoms with Gasteiger partial charge in [-0.25, -0.2) is 22.0 Å². The van der Waals surface area contributed by atoms with Crippen LogP contribution in [-0.4, -0.2) is 65.0 Å². The van der Waals surface area contributed by atoms with E-state index in [-0.39, 0.29) is 0 Å². The van der Waals surface area contributed by atoms with Gasteiger partial charge in [0.25, 0.3) is 6.43 Å². The van der Waals surface area contributed by atoms with E-state index in [9.17, 15) is 39.5 Å². The Morgan fingerprint density at radius 1 is 0.720 bits per heavy atom. The quantitative estimate of drug-likeness (QED) is 0.358. The third kappa shape index (κ3) is 5.01. The summed E-state index contributed by atoms with van der Waals surface area (Å²) in [5, 5.41) is 0. The van der Waals surface area contributed by atoms with E-state index in [1.165, 1.54) is 20.8 Å². The second-order valence-corrected chi connectivity index (χ2v) is 7.27. The van der Waals surface area contributed by atoms with Crippen LogP contribution in [0.4, 0.5) is 39.5 Å². The first kappa shape index (κ1) is 24.5. The first-order valence-electron chi connectivity index (χ1n) is 7.23. The Labute approximate surface area is 139 Å². The fourth-order valence-electron chi connectivity index (χ4n) is 1.85. The van der Waals surface area contributed by atoms with Crippen LogP contribution < -0.4 is 0 Å². The van der Waals surface area contributed by atoms with Gasteiger partial charge in [0.1, 0.15) is 0 Å². The van der Waals surface area contributed by atoms with Crippen LogP contribution in [0.25, 0.3) is 0 Å². The summed E-state index contributed by atoms with van der Waals surface area (Å²) in [4.78, 5) is 0. The van der Waals surface area contributed by atoms with Crippen LogP contribution in [0.5, 0.6) is 0 Å². The predicted molar refractivity (Wildman–Crippen MR) is 71.2 cm³/mol. The minimum atomic E-state index is -6.11. The van der Waals surface area contributed by atoms with Crippen molar-refractivity contribution in [3.05, 3.63) is 0 Å². The van der Waals surface area contributed by atoms with Gasteiger partial charge in [-0.15, -0.1) is 0 Å². The van der Waals surface area contributed by atoms with E-state index >= 15 is 0 Å². The summed E-state index contributed by atoms with van der Waals surface area (Å²) in [6.07, 6.45) is -13.2. The van der Waals surface area contributed by atoms with Gasteiger partial charge < -0.3 is 13.3 Å². The maximum atomic E-state index is 14.4. The average Bonchev–Trinajstić information content (AvgIpc) is 2.52. The maximum Gasteiger partial charge on any atom is 0.543 e. The fourth-order valence-corrected chi connectivity index (χ4v) is 4.38. The van der Waals surface area contributed by atoms with E-state index in [1.807, 2.05) is 0 Å². The summed E-state index contributed by atoms with van der Waals surface area (Å²) in [5.74, 6) is -16.1. The molecule has 0 aromatic rings. The maximum absolute atomic E-state index is 14.4. The third-order valence-corrected chi connectivity index (χ3v) is 6.03. The standard InChI is InChI=1S/C12H19F9O3Si/c1-4-22-25(23-5-2,24-6-3)10(17)12(20,21)11(18,19)8(14)7(13)9(15)16/h7-10H,4-6H2,1-3H3/t7-,8+,10-/m0/s1. The largest absolute Gasteiger partial charge is 0.543 e. The smallest absolute Gasteiger partial charge is 0.372 e. The van der Waals surface area contributed by atoms with Gasteiger partial charge in [-0.05, 0) is 20.8 Å². The molecule has 25 heavy (non-hydrogen) atoms. The van der Waals surface area contributed by atoms with Gasteiger partial charge in [0.15, 0.2) is 6.17 Å². The lowest BCUT2D eigenvalue weighted by Gasteiger charge is -2.38. The minimum Gasteiger partial charge on any atom is -0.372 e. The molecule has 0 bridgehead atoms. The molecule has 3 atom stereocenters. The Morgan fingerprint density at radius 2 is 1.08 bits per heavy atom. The van der Waals surface area contributed by atoms with E-state index in [4.69, 9.17) is 0 Å². The summed E-state index contributed by atoms with van der Waals surface area (Å²) >= 11 is 0. The van der Waals surface area contributed by atoms with E-state index in [0.29, 0.717) is 0 Å². The molecular formula is C12H19F9O3Si. The van der Waals surface area contributed by atoms with E-state index in [1.54, 1.807) is 0 Å². The highest BCUT2D eigenvalue weighted by atomic mass is 28.4. The molecule has 0 radical (unpaired) electrons. The van der Waals surface area contributed by atoms with E-state index < -0.39 is 65.0 Å². The highest BCUT2D eigenvalue weighted by Gasteiger charge is 2.76. The SMILES string of the molecule is CCO[Si](OCC)(OCC)[C@H](F)C(F)(F)C(F)(F)[C@H](F)[C@H](F)C(F)F. The Hall–Kier alpha value is -0.533. The third-order valence-electron chi connectivity index (χ3n) is 2.98. The molecule has 0 saturated carbocycles. The van der Waals surface area contributed by atoms with Crippen molar-refractivity contribution in [1.29, 1.82) is 0 Å². The van der Waals surface area contributed by atoms with Crippen LogP contribution >= 0.6 is 0 Å². The zero-order valence-electron chi connectivity index (χ0n) is 13.6. The van der Waals surface area contributed by atoms with Gasteiger partial charge in [0, 0.05) is 19.8 Å². The van der Waals surface area contributed by atoms with Crippen LogP contribution in [0, 0.1) is 0 Å². The molecule has 0 N–H and O–H groups in total. The molecular weight excluding hydrogens is 391 g/mol. The number of alkyl halides is 9. The van der Waals surface area contributed by atoms with Crippen molar-refractivity contribution in [3.8, 4) is 0 Å². The van der Waals surface area contributed by atoms with E-state index in [2.05, 4.69) is 13.3 Å². The molecule has 0 unspecified atom stereocenters. The minimum absolute atomic E-state index is 0.476. The van der Waals surface area contributed by atoms with Gasteiger partial charge in [-0.2, -0.15) is 17.6 Å². The fraction of sp³-hybridized carbons (Fsp3) is 1.00. The van der Waals surface area contributed by atoms with Gasteiger partial charge in [0.2, 0.25) is 12.0 Å². The summed E-state index contributed by atoms with van der Waals surface area (Å²) in [6, 6.07) is 0. The zero-order valence-corrected chi connectivity index (χ0v) is 14.6. The highest BCUT2D eigenvalue weighted by Crippen LogP contribution is 2.47. The normalized spacial score (nSPS) is 17.6. The molecule has 0 aliphatic rings. The Balaban J connectivity index is 5.89. The van der Waals surface area contributed by atoms with Crippen LogP contribution in [0.2, 0.25) is 0 Å². The summed E-state index contributed by atoms with van der Waals surface area (Å²) in [6.45, 7) is 2.18. The van der Waals surface area contributed by atoms with Crippen LogP contribution in [-0.2, 0) is 13.3 Å². The van der Waals surface area contributed by atoms with E-state index in [0.717, 1.165) is 0 Å². The molecule has 0 saturated heterocycles. The summed E-state index contributed by atoms with van der Waals surface area (Å²) < 4.78 is 134. The second kappa shape index (κ2) is 9.42. The Bertz CT molecular complexity index is 383. The summed E-state index contributed by atoms with van der Waals surface area (Å²) in [7, 11) is -5.13. The average molecular weight is 410 g/mol. The lowest BCUT2D eigenvalue weighted by molar-refractivity contribution is -0.272. The molecule has 0 aliphatic carbocycles. The van der Waals surface area contributed by atoms with Gasteiger partial charge >= 0.3 is 20.6 Å². The molecule has 0 aromatic carbocycles. The van der Waals surface area contributed by atoms with Crippen molar-refractivity contribution in [2.24, 2.45) is 0 Å². The number of rotatable bonds is 12. The molecule has 3 nitrogen and oxygen atoms in total. The van der Waals surface area contributed by atoms with Crippen molar-refractivity contribution in [1.82, 2.24) is 0 Å². The number of halogens is 9. The molecule has 0 spiro atoms. The van der Waals surface area contributed by atoms with Crippen molar-refractivity contribution < 1.29 is 52.8 Å². The van der Waals surface area contributed by atoms with Crippen LogP contribution in [0.3, 0.4) is 0 Å². The topological polar surface area (TPSA) is 27.7 Å². The molecule has 0 fully saturated rings. The van der Waals surface area contributed by atoms with Gasteiger partial charge in [0.05, 0.1) is 0 Å². The molecule has 0 heterocycles. The zero-order chi connectivity index (χ0) is 20.1. The number of hydrogen-bond acceptors (Lipinski definition) is 3. The van der Waals surface area contributed by atoms with Crippen LogP contribution in [0.1, 0.15) is 20.8 Å². The van der Waals surface area contributed by atoms with Crippen molar-refractivity contribution in [3.63, 3.8) is 0 Å². The first-order valence-corrected chi connectivity index (χ1v) is 9.03. The molecule has 0 aliphatic heterocycles. The Kier molecular flexibility index (Phi) is 9.22. The molecule has 0 amide bonds. The highest BCUT2D eigenvalue weighted by molar-refractivity contribution is 6.62. The van der Waals surface area contributed by atoms with Gasteiger partial charge in [-0.3, -0.25) is 0 Å². The monoisotopic (exact) mass is 410 g/mol. The second-order valence-electron chi connectivity index (χ2n) is 4.69. The lowest BCUT2D eigenvalue weighted by atomic mass is 10.0. The molecule has 13 heteroatoms. The molecule has 0 aromatic heterocycles. The summed E-state index contributed by atoms with van der Waals surface area (Å²) in [5.41, 5.74) is 0. The molecule has 152 valence electrons. The number of hydrogen-bond donors (Lipinski definition) is 0. The van der Waals surface area contributed by atoms with Crippen LogP contribution in [0.15, 0.2) is 0 Å². The van der Waals surface area contributed by atoms with Crippen molar-refractivity contribution >= 4 is 8.80 Å².